The van der Waals surface area contributed by atoms with Gasteiger partial charge in [0.2, 0.25) is 0 Å². The second-order valence-electron chi connectivity index (χ2n) is 5.77. The second kappa shape index (κ2) is 6.66. The van der Waals surface area contributed by atoms with E-state index in [0.29, 0.717) is 5.75 Å². The van der Waals surface area contributed by atoms with Gasteiger partial charge in [-0.25, -0.2) is 0 Å². The number of alkyl halides is 3. The van der Waals surface area contributed by atoms with Crippen molar-refractivity contribution in [3.63, 3.8) is 0 Å². The number of hydrogen-bond donors (Lipinski definition) is 1. The van der Waals surface area contributed by atoms with E-state index in [1.54, 1.807) is 6.07 Å². The monoisotopic (exact) mass is 365 g/mol. The molecule has 1 saturated heterocycles. The van der Waals surface area contributed by atoms with Crippen molar-refractivity contribution in [2.24, 2.45) is 5.73 Å². The van der Waals surface area contributed by atoms with E-state index in [1.165, 1.54) is 29.3 Å². The summed E-state index contributed by atoms with van der Waals surface area (Å²) in [7, 11) is 0. The van der Waals surface area contributed by atoms with Gasteiger partial charge >= 0.3 is 6.18 Å². The summed E-state index contributed by atoms with van der Waals surface area (Å²) in [6.45, 7) is 0.451. The number of hydrogen-bond acceptors (Lipinski definition) is 4. The molecule has 0 atom stereocenters. The highest BCUT2D eigenvalue weighted by atomic mass is 19.4. The van der Waals surface area contributed by atoms with Crippen LogP contribution in [0.25, 0.3) is 0 Å². The second-order valence-corrected chi connectivity index (χ2v) is 5.77. The average Bonchev–Trinajstić information content (AvgIpc) is 2.57. The first kappa shape index (κ1) is 17.7. The summed E-state index contributed by atoms with van der Waals surface area (Å²) in [6, 6.07) is 7.22. The van der Waals surface area contributed by atoms with Gasteiger partial charge in [-0.3, -0.25) is 14.6 Å². The maximum absolute atomic E-state index is 12.7. The van der Waals surface area contributed by atoms with E-state index < -0.39 is 23.6 Å². The van der Waals surface area contributed by atoms with Gasteiger partial charge in [0.25, 0.3) is 11.8 Å². The molecule has 9 heteroatoms. The van der Waals surface area contributed by atoms with Gasteiger partial charge in [0, 0.05) is 17.8 Å². The molecular weight excluding hydrogens is 351 g/mol. The number of primary amides is 1. The number of rotatable bonds is 4. The van der Waals surface area contributed by atoms with E-state index in [9.17, 15) is 22.8 Å². The van der Waals surface area contributed by atoms with Crippen LogP contribution in [-0.2, 0) is 6.18 Å². The minimum Gasteiger partial charge on any atom is -0.487 e. The molecule has 1 aromatic heterocycles. The molecule has 0 spiro atoms. The first-order valence-corrected chi connectivity index (χ1v) is 7.63. The normalized spacial score (nSPS) is 14.7. The zero-order valence-electron chi connectivity index (χ0n) is 13.4. The Morgan fingerprint density at radius 3 is 2.58 bits per heavy atom. The topological polar surface area (TPSA) is 85.5 Å². The molecule has 1 aliphatic rings. The van der Waals surface area contributed by atoms with E-state index in [4.69, 9.17) is 10.5 Å². The maximum Gasteiger partial charge on any atom is 0.416 e. The fourth-order valence-corrected chi connectivity index (χ4v) is 2.50. The molecule has 6 nitrogen and oxygen atoms in total. The Morgan fingerprint density at radius 1 is 1.19 bits per heavy atom. The number of aromatic nitrogens is 1. The molecule has 1 fully saturated rings. The molecule has 2 aromatic rings. The van der Waals surface area contributed by atoms with Gasteiger partial charge in [-0.15, -0.1) is 0 Å². The molecule has 2 heterocycles. The number of ether oxygens (including phenoxy) is 1. The molecular formula is C17H14F3N3O3. The van der Waals surface area contributed by atoms with Crippen LogP contribution in [0.1, 0.15) is 26.4 Å². The molecule has 0 saturated carbocycles. The SMILES string of the molecule is NC(=O)c1cc(OC2CN(C(=O)c3cccc(C(F)(F)F)c3)C2)ccn1. The third kappa shape index (κ3) is 3.76. The van der Waals surface area contributed by atoms with Crippen molar-refractivity contribution < 1.29 is 27.5 Å². The van der Waals surface area contributed by atoms with E-state index in [1.807, 2.05) is 0 Å². The lowest BCUT2D eigenvalue weighted by Crippen LogP contribution is -2.56. The number of amides is 2. The van der Waals surface area contributed by atoms with Crippen molar-refractivity contribution in [2.45, 2.75) is 12.3 Å². The fraction of sp³-hybridized carbons (Fsp3) is 0.235. The Balaban J connectivity index is 1.61. The van der Waals surface area contributed by atoms with Crippen LogP contribution in [0.2, 0.25) is 0 Å². The Morgan fingerprint density at radius 2 is 1.92 bits per heavy atom. The molecule has 3 rings (SSSR count). The van der Waals surface area contributed by atoms with Gasteiger partial charge in [-0.2, -0.15) is 13.2 Å². The molecule has 2 amide bonds. The van der Waals surface area contributed by atoms with Crippen LogP contribution in [0.3, 0.4) is 0 Å². The molecule has 1 aliphatic heterocycles. The van der Waals surface area contributed by atoms with Crippen molar-refractivity contribution >= 4 is 11.8 Å². The van der Waals surface area contributed by atoms with E-state index in [0.717, 1.165) is 12.1 Å². The van der Waals surface area contributed by atoms with Crippen LogP contribution in [0.4, 0.5) is 13.2 Å². The van der Waals surface area contributed by atoms with Gasteiger partial charge in [0.1, 0.15) is 17.5 Å². The Kier molecular flexibility index (Phi) is 4.54. The van der Waals surface area contributed by atoms with Gasteiger partial charge in [-0.05, 0) is 24.3 Å². The van der Waals surface area contributed by atoms with Crippen LogP contribution in [-0.4, -0.2) is 40.9 Å². The molecule has 0 unspecified atom stereocenters. The van der Waals surface area contributed by atoms with Crippen LogP contribution in [0.15, 0.2) is 42.6 Å². The number of nitrogens with zero attached hydrogens (tertiary/aromatic N) is 2. The Labute approximate surface area is 146 Å². The average molecular weight is 365 g/mol. The van der Waals surface area contributed by atoms with Crippen molar-refractivity contribution in [3.8, 4) is 5.75 Å². The van der Waals surface area contributed by atoms with Crippen molar-refractivity contribution in [2.75, 3.05) is 13.1 Å². The summed E-state index contributed by atoms with van der Waals surface area (Å²) in [5.74, 6) is -0.807. The van der Waals surface area contributed by atoms with Crippen molar-refractivity contribution in [3.05, 3.63) is 59.4 Å². The first-order valence-electron chi connectivity index (χ1n) is 7.63. The van der Waals surface area contributed by atoms with Crippen LogP contribution in [0.5, 0.6) is 5.75 Å². The largest absolute Gasteiger partial charge is 0.487 e. The molecule has 0 bridgehead atoms. The van der Waals surface area contributed by atoms with Gasteiger partial charge in [-0.1, -0.05) is 6.07 Å². The van der Waals surface area contributed by atoms with Crippen LogP contribution < -0.4 is 10.5 Å². The van der Waals surface area contributed by atoms with Crippen molar-refractivity contribution in [1.29, 1.82) is 0 Å². The predicted octanol–water partition coefficient (Wildman–Crippen LogP) is 2.10. The summed E-state index contributed by atoms with van der Waals surface area (Å²) in [6.07, 6.45) is -3.45. The highest BCUT2D eigenvalue weighted by molar-refractivity contribution is 5.95. The number of nitrogens with two attached hydrogens (primary N) is 1. The van der Waals surface area contributed by atoms with Crippen LogP contribution in [0, 0.1) is 0 Å². The standard InChI is InChI=1S/C17H14F3N3O3/c18-17(19,20)11-3-1-2-10(6-11)16(25)23-8-13(9-23)26-12-4-5-22-14(7-12)15(21)24/h1-7,13H,8-9H2,(H2,21,24). The summed E-state index contributed by atoms with van der Waals surface area (Å²) in [5.41, 5.74) is 4.30. The lowest BCUT2D eigenvalue weighted by Gasteiger charge is -2.39. The zero-order valence-corrected chi connectivity index (χ0v) is 13.4. The number of pyridine rings is 1. The molecule has 136 valence electrons. The minimum absolute atomic E-state index is 0.0294. The smallest absolute Gasteiger partial charge is 0.416 e. The molecule has 0 aliphatic carbocycles. The first-order chi connectivity index (χ1) is 12.2. The van der Waals surface area contributed by atoms with Gasteiger partial charge in [0.05, 0.1) is 18.7 Å². The zero-order chi connectivity index (χ0) is 18.9. The maximum atomic E-state index is 12.7. The lowest BCUT2D eigenvalue weighted by molar-refractivity contribution is -0.137. The number of likely N-dealkylation sites (tertiary alicyclic amines) is 1. The molecule has 1 aromatic carbocycles. The van der Waals surface area contributed by atoms with Gasteiger partial charge in [0.15, 0.2) is 0 Å². The third-order valence-corrected chi connectivity index (χ3v) is 3.86. The number of carbonyl (C=O) groups is 2. The summed E-state index contributed by atoms with van der Waals surface area (Å²) >= 11 is 0. The van der Waals surface area contributed by atoms with Gasteiger partial charge < -0.3 is 15.4 Å². The lowest BCUT2D eigenvalue weighted by atomic mass is 10.1. The highest BCUT2D eigenvalue weighted by Crippen LogP contribution is 2.30. The molecule has 0 radical (unpaired) electrons. The number of carbonyl (C=O) groups excluding carboxylic acids is 2. The molecule has 26 heavy (non-hydrogen) atoms. The molecule has 2 N–H and O–H groups in total. The summed E-state index contributed by atoms with van der Waals surface area (Å²) < 4.78 is 43.8. The fourth-order valence-electron chi connectivity index (χ4n) is 2.50. The summed E-state index contributed by atoms with van der Waals surface area (Å²) in [4.78, 5) is 28.5. The minimum atomic E-state index is -4.50. The van der Waals surface area contributed by atoms with E-state index >= 15 is 0 Å². The van der Waals surface area contributed by atoms with Crippen molar-refractivity contribution in [1.82, 2.24) is 9.88 Å². The highest BCUT2D eigenvalue weighted by Gasteiger charge is 2.35. The number of benzene rings is 1. The Hall–Kier alpha value is -3.10. The number of halogens is 3. The van der Waals surface area contributed by atoms with E-state index in [-0.39, 0.29) is 30.5 Å². The Bertz CT molecular complexity index is 848. The van der Waals surface area contributed by atoms with E-state index in [2.05, 4.69) is 4.98 Å². The predicted molar refractivity (Wildman–Crippen MR) is 84.5 cm³/mol. The summed E-state index contributed by atoms with van der Waals surface area (Å²) in [5, 5.41) is 0. The quantitative estimate of drug-likeness (QED) is 0.899. The third-order valence-electron chi connectivity index (χ3n) is 3.86. The van der Waals surface area contributed by atoms with Crippen LogP contribution >= 0.6 is 0 Å².